The van der Waals surface area contributed by atoms with Gasteiger partial charge in [-0.25, -0.2) is 0 Å². The number of aliphatic hydroxyl groups excluding tert-OH is 1. The molecule has 0 saturated carbocycles. The minimum atomic E-state index is -0.522. The van der Waals surface area contributed by atoms with Gasteiger partial charge in [0.25, 0.3) is 0 Å². The number of hydrogen-bond acceptors (Lipinski definition) is 3. The molecule has 0 aliphatic heterocycles. The van der Waals surface area contributed by atoms with Gasteiger partial charge in [0.2, 0.25) is 0 Å². The zero-order valence-corrected chi connectivity index (χ0v) is 11.3. The van der Waals surface area contributed by atoms with Crippen LogP contribution in [0.1, 0.15) is 13.8 Å². The Balaban J connectivity index is 2.52. The molecule has 90 valence electrons. The van der Waals surface area contributed by atoms with E-state index in [1.165, 1.54) is 0 Å². The lowest BCUT2D eigenvalue weighted by Gasteiger charge is -2.28. The lowest BCUT2D eigenvalue weighted by Crippen LogP contribution is -2.39. The summed E-state index contributed by atoms with van der Waals surface area (Å²) in [7, 11) is 1.60. The van der Waals surface area contributed by atoms with Crippen molar-refractivity contribution in [3.05, 3.63) is 29.3 Å². The third-order valence-corrected chi connectivity index (χ3v) is 3.84. The summed E-state index contributed by atoms with van der Waals surface area (Å²) < 4.78 is 5.22. The summed E-state index contributed by atoms with van der Waals surface area (Å²) in [5, 5.41) is 10.6. The van der Waals surface area contributed by atoms with Crippen LogP contribution in [-0.2, 0) is 4.74 Å². The molecular formula is C12H17ClO2S. The first-order chi connectivity index (χ1) is 7.45. The van der Waals surface area contributed by atoms with Gasteiger partial charge in [0.15, 0.2) is 0 Å². The molecule has 0 aliphatic rings. The second-order valence-corrected chi connectivity index (χ2v) is 5.62. The van der Waals surface area contributed by atoms with Crippen molar-refractivity contribution >= 4 is 23.4 Å². The van der Waals surface area contributed by atoms with Gasteiger partial charge < -0.3 is 9.84 Å². The number of ether oxygens (including phenoxy) is 1. The summed E-state index contributed by atoms with van der Waals surface area (Å²) in [6.45, 7) is 3.74. The van der Waals surface area contributed by atoms with E-state index in [4.69, 9.17) is 16.3 Å². The van der Waals surface area contributed by atoms with Gasteiger partial charge in [0.1, 0.15) is 0 Å². The van der Waals surface area contributed by atoms with E-state index >= 15 is 0 Å². The van der Waals surface area contributed by atoms with Gasteiger partial charge in [-0.2, -0.15) is 0 Å². The van der Waals surface area contributed by atoms with Crippen molar-refractivity contribution in [2.75, 3.05) is 12.9 Å². The van der Waals surface area contributed by atoms with Gasteiger partial charge in [-0.3, -0.25) is 0 Å². The first-order valence-corrected chi connectivity index (χ1v) is 6.43. The van der Waals surface area contributed by atoms with Crippen molar-refractivity contribution in [1.82, 2.24) is 0 Å². The van der Waals surface area contributed by atoms with Crippen molar-refractivity contribution in [3.63, 3.8) is 0 Å². The summed E-state index contributed by atoms with van der Waals surface area (Å²) in [6, 6.07) is 7.60. The Morgan fingerprint density at radius 1 is 1.50 bits per heavy atom. The van der Waals surface area contributed by atoms with Crippen LogP contribution in [0.25, 0.3) is 0 Å². The van der Waals surface area contributed by atoms with Crippen molar-refractivity contribution in [1.29, 1.82) is 0 Å². The Bertz CT molecular complexity index is 342. The molecule has 1 rings (SSSR count). The van der Waals surface area contributed by atoms with Crippen LogP contribution in [0.15, 0.2) is 29.2 Å². The molecule has 0 radical (unpaired) electrons. The van der Waals surface area contributed by atoms with E-state index in [-0.39, 0.29) is 0 Å². The highest BCUT2D eigenvalue weighted by Crippen LogP contribution is 2.25. The maximum absolute atomic E-state index is 9.93. The van der Waals surface area contributed by atoms with Crippen LogP contribution in [0.5, 0.6) is 0 Å². The molecule has 4 heteroatoms. The average Bonchev–Trinajstić information content (AvgIpc) is 2.26. The zero-order valence-electron chi connectivity index (χ0n) is 9.74. The average molecular weight is 261 g/mol. The van der Waals surface area contributed by atoms with Gasteiger partial charge in [-0.1, -0.05) is 17.7 Å². The Morgan fingerprint density at radius 2 is 2.19 bits per heavy atom. The van der Waals surface area contributed by atoms with E-state index < -0.39 is 11.7 Å². The minimum absolute atomic E-state index is 0.513. The molecule has 0 heterocycles. The van der Waals surface area contributed by atoms with E-state index in [9.17, 15) is 5.11 Å². The molecular weight excluding hydrogens is 244 g/mol. The maximum Gasteiger partial charge on any atom is 0.0917 e. The van der Waals surface area contributed by atoms with Gasteiger partial charge >= 0.3 is 0 Å². The highest BCUT2D eigenvalue weighted by Gasteiger charge is 2.27. The lowest BCUT2D eigenvalue weighted by atomic mass is 10.0. The number of halogens is 1. The molecule has 0 aromatic heterocycles. The Labute approximate surface area is 106 Å². The summed E-state index contributed by atoms with van der Waals surface area (Å²) in [4.78, 5) is 1.05. The zero-order chi connectivity index (χ0) is 12.2. The number of thioether (sulfide) groups is 1. The molecule has 1 atom stereocenters. The smallest absolute Gasteiger partial charge is 0.0917 e. The fraction of sp³-hybridized carbons (Fsp3) is 0.500. The van der Waals surface area contributed by atoms with E-state index in [1.807, 2.05) is 38.1 Å². The molecule has 0 spiro atoms. The molecule has 0 bridgehead atoms. The fourth-order valence-corrected chi connectivity index (χ4v) is 2.46. The molecule has 1 aromatic rings. The molecule has 1 N–H and O–H groups in total. The molecule has 16 heavy (non-hydrogen) atoms. The summed E-state index contributed by atoms with van der Waals surface area (Å²) >= 11 is 7.45. The van der Waals surface area contributed by atoms with E-state index in [0.29, 0.717) is 10.8 Å². The topological polar surface area (TPSA) is 29.5 Å². The fourth-order valence-electron chi connectivity index (χ4n) is 1.07. The highest BCUT2D eigenvalue weighted by molar-refractivity contribution is 7.99. The number of methoxy groups -OCH3 is 1. The second kappa shape index (κ2) is 5.92. The molecule has 1 aromatic carbocycles. The quantitative estimate of drug-likeness (QED) is 0.825. The first-order valence-electron chi connectivity index (χ1n) is 5.07. The maximum atomic E-state index is 9.93. The van der Waals surface area contributed by atoms with Gasteiger partial charge in [-0.05, 0) is 32.0 Å². The Kier molecular flexibility index (Phi) is 5.12. The second-order valence-electron chi connectivity index (χ2n) is 4.09. The van der Waals surface area contributed by atoms with Crippen LogP contribution in [0.4, 0.5) is 0 Å². The van der Waals surface area contributed by atoms with Crippen molar-refractivity contribution in [2.45, 2.75) is 30.4 Å². The normalized spacial score (nSPS) is 13.8. The monoisotopic (exact) mass is 260 g/mol. The van der Waals surface area contributed by atoms with Crippen molar-refractivity contribution < 1.29 is 9.84 Å². The molecule has 0 aliphatic carbocycles. The molecule has 2 nitrogen and oxygen atoms in total. The van der Waals surface area contributed by atoms with E-state index in [0.717, 1.165) is 4.90 Å². The Hall–Kier alpha value is -0.220. The SMILES string of the molecule is COC(C)(C)C(O)CSc1cccc(Cl)c1. The third-order valence-electron chi connectivity index (χ3n) is 2.53. The number of rotatable bonds is 5. The van der Waals surface area contributed by atoms with Crippen LogP contribution in [0.2, 0.25) is 5.02 Å². The van der Waals surface area contributed by atoms with Gasteiger partial charge in [0.05, 0.1) is 11.7 Å². The predicted octanol–water partition coefficient (Wildman–Crippen LogP) is 3.22. The van der Waals surface area contributed by atoms with Crippen LogP contribution in [0.3, 0.4) is 0 Å². The van der Waals surface area contributed by atoms with E-state index in [2.05, 4.69) is 0 Å². The van der Waals surface area contributed by atoms with Gasteiger partial charge in [-0.15, -0.1) is 11.8 Å². The van der Waals surface area contributed by atoms with Gasteiger partial charge in [0, 0.05) is 22.8 Å². The number of benzene rings is 1. The summed E-state index contributed by atoms with van der Waals surface area (Å²) in [5.74, 6) is 0.585. The first kappa shape index (κ1) is 13.8. The number of aliphatic hydroxyl groups is 1. The van der Waals surface area contributed by atoms with Crippen LogP contribution in [-0.4, -0.2) is 29.7 Å². The Morgan fingerprint density at radius 3 is 2.75 bits per heavy atom. The molecule has 1 unspecified atom stereocenters. The summed E-state index contributed by atoms with van der Waals surface area (Å²) in [6.07, 6.45) is -0.513. The molecule has 0 saturated heterocycles. The number of hydrogen-bond donors (Lipinski definition) is 1. The van der Waals surface area contributed by atoms with Crippen LogP contribution >= 0.6 is 23.4 Å². The van der Waals surface area contributed by atoms with E-state index in [1.54, 1.807) is 18.9 Å². The van der Waals surface area contributed by atoms with Crippen LogP contribution < -0.4 is 0 Å². The molecule has 0 fully saturated rings. The highest BCUT2D eigenvalue weighted by atomic mass is 35.5. The lowest BCUT2D eigenvalue weighted by molar-refractivity contribution is -0.0666. The minimum Gasteiger partial charge on any atom is -0.389 e. The standard InChI is InChI=1S/C12H17ClO2S/c1-12(2,15-3)11(14)8-16-10-6-4-5-9(13)7-10/h4-7,11,14H,8H2,1-3H3. The largest absolute Gasteiger partial charge is 0.389 e. The predicted molar refractivity (Wildman–Crippen MR) is 69.3 cm³/mol. The van der Waals surface area contributed by atoms with Crippen molar-refractivity contribution in [2.24, 2.45) is 0 Å². The summed E-state index contributed by atoms with van der Waals surface area (Å²) in [5.41, 5.74) is -0.522. The van der Waals surface area contributed by atoms with Crippen LogP contribution in [0, 0.1) is 0 Å². The molecule has 0 amide bonds. The third kappa shape index (κ3) is 3.98. The van der Waals surface area contributed by atoms with Crippen molar-refractivity contribution in [3.8, 4) is 0 Å².